The van der Waals surface area contributed by atoms with E-state index in [4.69, 9.17) is 10.5 Å². The molecular formula is C15H17N3O2. The van der Waals surface area contributed by atoms with Crippen LogP contribution in [0.2, 0.25) is 0 Å². The Hall–Kier alpha value is -2.40. The molecule has 0 fully saturated rings. The average molecular weight is 271 g/mol. The number of aromatic nitrogens is 1. The Kier molecular flexibility index (Phi) is 4.68. The fourth-order valence-corrected chi connectivity index (χ4v) is 1.83. The molecule has 104 valence electrons. The monoisotopic (exact) mass is 271 g/mol. The van der Waals surface area contributed by atoms with E-state index in [1.54, 1.807) is 19.2 Å². The SMILES string of the molecule is COCc1cccc(CNc2ccc(C(N)=O)cn2)c1. The molecule has 0 aliphatic carbocycles. The molecule has 2 aromatic rings. The van der Waals surface area contributed by atoms with Crippen LogP contribution in [-0.2, 0) is 17.9 Å². The van der Waals surface area contributed by atoms with Crippen LogP contribution < -0.4 is 11.1 Å². The fraction of sp³-hybridized carbons (Fsp3) is 0.200. The van der Waals surface area contributed by atoms with Crippen molar-refractivity contribution < 1.29 is 9.53 Å². The van der Waals surface area contributed by atoms with E-state index >= 15 is 0 Å². The highest BCUT2D eigenvalue weighted by Crippen LogP contribution is 2.10. The second-order valence-electron chi connectivity index (χ2n) is 4.40. The van der Waals surface area contributed by atoms with Gasteiger partial charge in [-0.25, -0.2) is 4.98 Å². The summed E-state index contributed by atoms with van der Waals surface area (Å²) in [4.78, 5) is 15.1. The minimum Gasteiger partial charge on any atom is -0.380 e. The fourth-order valence-electron chi connectivity index (χ4n) is 1.83. The van der Waals surface area contributed by atoms with Crippen molar-refractivity contribution in [2.75, 3.05) is 12.4 Å². The van der Waals surface area contributed by atoms with Gasteiger partial charge in [0.05, 0.1) is 12.2 Å². The topological polar surface area (TPSA) is 77.2 Å². The molecule has 20 heavy (non-hydrogen) atoms. The second-order valence-corrected chi connectivity index (χ2v) is 4.40. The highest BCUT2D eigenvalue weighted by atomic mass is 16.5. The first-order valence-electron chi connectivity index (χ1n) is 6.25. The van der Waals surface area contributed by atoms with E-state index in [0.29, 0.717) is 24.5 Å². The Morgan fingerprint density at radius 1 is 1.30 bits per heavy atom. The smallest absolute Gasteiger partial charge is 0.250 e. The molecule has 1 amide bonds. The van der Waals surface area contributed by atoms with E-state index in [1.807, 2.05) is 18.2 Å². The van der Waals surface area contributed by atoms with Crippen LogP contribution in [0.15, 0.2) is 42.6 Å². The predicted octanol–water partition coefficient (Wildman–Crippen LogP) is 1.94. The predicted molar refractivity (Wildman–Crippen MR) is 77.2 cm³/mol. The highest BCUT2D eigenvalue weighted by Gasteiger charge is 2.01. The van der Waals surface area contributed by atoms with Crippen LogP contribution in [0.25, 0.3) is 0 Å². The molecule has 5 heteroatoms. The van der Waals surface area contributed by atoms with E-state index < -0.39 is 5.91 Å². The maximum absolute atomic E-state index is 10.9. The molecule has 0 saturated heterocycles. The molecule has 1 aromatic carbocycles. The van der Waals surface area contributed by atoms with Crippen molar-refractivity contribution >= 4 is 11.7 Å². The Balaban J connectivity index is 1.97. The number of primary amides is 1. The number of nitrogens with one attached hydrogen (secondary N) is 1. The lowest BCUT2D eigenvalue weighted by Gasteiger charge is -2.07. The summed E-state index contributed by atoms with van der Waals surface area (Å²) < 4.78 is 5.10. The van der Waals surface area contributed by atoms with Crippen LogP contribution in [0.3, 0.4) is 0 Å². The number of carbonyl (C=O) groups excluding carboxylic acids is 1. The molecule has 0 aliphatic heterocycles. The van der Waals surface area contributed by atoms with Crippen molar-refractivity contribution in [3.8, 4) is 0 Å². The van der Waals surface area contributed by atoms with Gasteiger partial charge in [-0.1, -0.05) is 24.3 Å². The lowest BCUT2D eigenvalue weighted by atomic mass is 10.1. The van der Waals surface area contributed by atoms with E-state index in [-0.39, 0.29) is 0 Å². The molecule has 5 nitrogen and oxygen atoms in total. The van der Waals surface area contributed by atoms with E-state index in [1.165, 1.54) is 6.20 Å². The molecule has 1 aromatic heterocycles. The van der Waals surface area contributed by atoms with Crippen molar-refractivity contribution in [1.82, 2.24) is 4.98 Å². The van der Waals surface area contributed by atoms with E-state index in [2.05, 4.69) is 16.4 Å². The molecule has 1 heterocycles. The van der Waals surface area contributed by atoms with Crippen molar-refractivity contribution in [3.63, 3.8) is 0 Å². The van der Waals surface area contributed by atoms with Gasteiger partial charge in [-0.3, -0.25) is 4.79 Å². The Labute approximate surface area is 117 Å². The number of nitrogens with two attached hydrogens (primary N) is 1. The van der Waals surface area contributed by atoms with Crippen LogP contribution in [0.1, 0.15) is 21.5 Å². The summed E-state index contributed by atoms with van der Waals surface area (Å²) in [6.45, 7) is 1.25. The number of rotatable bonds is 6. The standard InChI is InChI=1S/C15H17N3O2/c1-20-10-12-4-2-3-11(7-12)8-17-14-6-5-13(9-18-14)15(16)19/h2-7,9H,8,10H2,1H3,(H2,16,19)(H,17,18). The number of hydrogen-bond acceptors (Lipinski definition) is 4. The summed E-state index contributed by atoms with van der Waals surface area (Å²) in [5.41, 5.74) is 7.83. The average Bonchev–Trinajstić information content (AvgIpc) is 2.46. The highest BCUT2D eigenvalue weighted by molar-refractivity contribution is 5.92. The number of ether oxygens (including phenoxy) is 1. The number of benzene rings is 1. The van der Waals surface area contributed by atoms with Crippen molar-refractivity contribution in [2.24, 2.45) is 5.73 Å². The van der Waals surface area contributed by atoms with Crippen LogP contribution >= 0.6 is 0 Å². The molecule has 0 bridgehead atoms. The minimum absolute atomic E-state index is 0.401. The van der Waals surface area contributed by atoms with Gasteiger partial charge in [0.25, 0.3) is 0 Å². The van der Waals surface area contributed by atoms with Crippen LogP contribution in [0, 0.1) is 0 Å². The third-order valence-corrected chi connectivity index (χ3v) is 2.82. The first-order chi connectivity index (χ1) is 9.69. The molecule has 3 N–H and O–H groups in total. The van der Waals surface area contributed by atoms with Gasteiger partial charge in [0.15, 0.2) is 0 Å². The Morgan fingerprint density at radius 3 is 2.75 bits per heavy atom. The molecule has 0 spiro atoms. The lowest BCUT2D eigenvalue weighted by molar-refractivity contribution is 0.1000. The third kappa shape index (κ3) is 3.80. The van der Waals surface area contributed by atoms with Crippen LogP contribution in [0.5, 0.6) is 0 Å². The largest absolute Gasteiger partial charge is 0.380 e. The molecule has 0 unspecified atom stereocenters. The molecular weight excluding hydrogens is 254 g/mol. The van der Waals surface area contributed by atoms with Gasteiger partial charge < -0.3 is 15.8 Å². The maximum Gasteiger partial charge on any atom is 0.250 e. The second kappa shape index (κ2) is 6.68. The number of nitrogens with zero attached hydrogens (tertiary/aromatic N) is 1. The molecule has 0 saturated carbocycles. The third-order valence-electron chi connectivity index (χ3n) is 2.82. The number of methoxy groups -OCH3 is 1. The van der Waals surface area contributed by atoms with Gasteiger partial charge in [-0.05, 0) is 23.3 Å². The Bertz CT molecular complexity index is 582. The first kappa shape index (κ1) is 14.0. The summed E-state index contributed by atoms with van der Waals surface area (Å²) in [5, 5.41) is 3.19. The van der Waals surface area contributed by atoms with Crippen LogP contribution in [0.4, 0.5) is 5.82 Å². The first-order valence-corrected chi connectivity index (χ1v) is 6.25. The van der Waals surface area contributed by atoms with Crippen molar-refractivity contribution in [2.45, 2.75) is 13.2 Å². The number of carbonyl (C=O) groups is 1. The van der Waals surface area contributed by atoms with Gasteiger partial charge in [-0.15, -0.1) is 0 Å². The molecule has 0 atom stereocenters. The minimum atomic E-state index is -0.476. The maximum atomic E-state index is 10.9. The number of pyridine rings is 1. The lowest BCUT2D eigenvalue weighted by Crippen LogP contribution is -2.11. The van der Waals surface area contributed by atoms with E-state index in [9.17, 15) is 4.79 Å². The normalized spacial score (nSPS) is 10.2. The Morgan fingerprint density at radius 2 is 2.10 bits per heavy atom. The van der Waals surface area contributed by atoms with Crippen molar-refractivity contribution in [1.29, 1.82) is 0 Å². The quantitative estimate of drug-likeness (QED) is 0.841. The summed E-state index contributed by atoms with van der Waals surface area (Å²) >= 11 is 0. The van der Waals surface area contributed by atoms with Crippen molar-refractivity contribution in [3.05, 3.63) is 59.3 Å². The summed E-state index contributed by atoms with van der Waals surface area (Å²) in [7, 11) is 1.68. The number of hydrogen-bond donors (Lipinski definition) is 2. The van der Waals surface area contributed by atoms with Gasteiger partial charge in [-0.2, -0.15) is 0 Å². The van der Waals surface area contributed by atoms with Gasteiger partial charge in [0, 0.05) is 19.9 Å². The molecule has 0 radical (unpaired) electrons. The van der Waals surface area contributed by atoms with Gasteiger partial charge in [0.1, 0.15) is 5.82 Å². The number of amides is 1. The summed E-state index contributed by atoms with van der Waals surface area (Å²) in [6.07, 6.45) is 1.46. The summed E-state index contributed by atoms with van der Waals surface area (Å²) in [5.74, 6) is 0.225. The summed E-state index contributed by atoms with van der Waals surface area (Å²) in [6, 6.07) is 11.5. The zero-order chi connectivity index (χ0) is 14.4. The van der Waals surface area contributed by atoms with Crippen LogP contribution in [-0.4, -0.2) is 18.0 Å². The number of anilines is 1. The van der Waals surface area contributed by atoms with Gasteiger partial charge in [0.2, 0.25) is 5.91 Å². The molecule has 0 aliphatic rings. The van der Waals surface area contributed by atoms with Gasteiger partial charge >= 0.3 is 0 Å². The molecule has 2 rings (SSSR count). The zero-order valence-corrected chi connectivity index (χ0v) is 11.3. The van der Waals surface area contributed by atoms with E-state index in [0.717, 1.165) is 11.1 Å². The zero-order valence-electron chi connectivity index (χ0n) is 11.3.